The summed E-state index contributed by atoms with van der Waals surface area (Å²) in [6, 6.07) is 6.42. The molecule has 1 fully saturated rings. The van der Waals surface area contributed by atoms with Gasteiger partial charge in [0.05, 0.1) is 16.5 Å². The zero-order valence-electron chi connectivity index (χ0n) is 12.2. The molecule has 0 saturated carbocycles. The number of rotatable bonds is 6. The van der Waals surface area contributed by atoms with Crippen LogP contribution in [-0.2, 0) is 10.0 Å². The van der Waals surface area contributed by atoms with E-state index in [1.54, 1.807) is 6.07 Å². The number of piperazine rings is 1. The van der Waals surface area contributed by atoms with Crippen LogP contribution in [0.4, 0.5) is 0 Å². The number of hydrogen-bond acceptors (Lipinski definition) is 5. The maximum absolute atomic E-state index is 12.2. The number of hydrogen-bond donors (Lipinski definition) is 2. The predicted molar refractivity (Wildman–Crippen MR) is 88.0 cm³/mol. The minimum Gasteiger partial charge on any atom is -0.314 e. The van der Waals surface area contributed by atoms with E-state index >= 15 is 0 Å². The summed E-state index contributed by atoms with van der Waals surface area (Å²) < 4.78 is 27.6. The van der Waals surface area contributed by atoms with Gasteiger partial charge in [-0.2, -0.15) is 5.26 Å². The Hall–Kier alpha value is -0.980. The summed E-state index contributed by atoms with van der Waals surface area (Å²) in [6.07, 6.45) is 0.762. The SMILES string of the molecule is N#Cc1cc(Br)cc(S(=O)(=O)NCCCN2CCNCC2)c1. The highest BCUT2D eigenvalue weighted by atomic mass is 79.9. The Morgan fingerprint density at radius 3 is 2.73 bits per heavy atom. The fourth-order valence-electron chi connectivity index (χ4n) is 2.31. The van der Waals surface area contributed by atoms with E-state index in [2.05, 4.69) is 30.9 Å². The Morgan fingerprint density at radius 2 is 2.05 bits per heavy atom. The molecular formula is C14H19BrN4O2S. The standard InChI is InChI=1S/C14H19BrN4O2S/c15-13-8-12(11-16)9-14(10-13)22(20,21)18-2-1-5-19-6-3-17-4-7-19/h8-10,17-18H,1-7H2. The third kappa shape index (κ3) is 5.04. The van der Waals surface area contributed by atoms with Crippen molar-refractivity contribution in [1.29, 1.82) is 5.26 Å². The summed E-state index contributed by atoms with van der Waals surface area (Å²) in [7, 11) is -3.58. The van der Waals surface area contributed by atoms with Gasteiger partial charge in [0.15, 0.2) is 0 Å². The summed E-state index contributed by atoms with van der Waals surface area (Å²) in [5.41, 5.74) is 0.315. The van der Waals surface area contributed by atoms with Crippen LogP contribution < -0.4 is 10.0 Å². The first-order valence-corrected chi connectivity index (χ1v) is 9.42. The zero-order chi connectivity index (χ0) is 16.0. The number of nitrogens with one attached hydrogen (secondary N) is 2. The Bertz CT molecular complexity index is 651. The maximum Gasteiger partial charge on any atom is 0.240 e. The second-order valence-corrected chi connectivity index (χ2v) is 7.81. The van der Waals surface area contributed by atoms with Crippen LogP contribution in [0.5, 0.6) is 0 Å². The molecule has 6 nitrogen and oxygen atoms in total. The van der Waals surface area contributed by atoms with Crippen LogP contribution in [0.3, 0.4) is 0 Å². The molecule has 0 amide bonds. The van der Waals surface area contributed by atoms with E-state index in [1.807, 2.05) is 6.07 Å². The van der Waals surface area contributed by atoms with Crippen molar-refractivity contribution in [2.45, 2.75) is 11.3 Å². The van der Waals surface area contributed by atoms with Crippen molar-refractivity contribution >= 4 is 26.0 Å². The zero-order valence-corrected chi connectivity index (χ0v) is 14.6. The molecule has 0 aromatic heterocycles. The monoisotopic (exact) mass is 386 g/mol. The normalized spacial score (nSPS) is 16.4. The molecule has 1 aromatic carbocycles. The van der Waals surface area contributed by atoms with Crippen molar-refractivity contribution in [3.63, 3.8) is 0 Å². The molecule has 0 aliphatic carbocycles. The number of benzene rings is 1. The van der Waals surface area contributed by atoms with Crippen LogP contribution in [0.15, 0.2) is 27.6 Å². The third-order valence-corrected chi connectivity index (χ3v) is 5.36. The van der Waals surface area contributed by atoms with Gasteiger partial charge < -0.3 is 10.2 Å². The summed E-state index contributed by atoms with van der Waals surface area (Å²) in [4.78, 5) is 2.43. The minimum atomic E-state index is -3.58. The van der Waals surface area contributed by atoms with Crippen LogP contribution in [0.25, 0.3) is 0 Å². The number of halogens is 1. The lowest BCUT2D eigenvalue weighted by atomic mass is 10.2. The summed E-state index contributed by atoms with van der Waals surface area (Å²) in [6.45, 7) is 5.25. The molecule has 1 saturated heterocycles. The largest absolute Gasteiger partial charge is 0.314 e. The number of sulfonamides is 1. The van der Waals surface area contributed by atoms with Crippen molar-refractivity contribution in [2.24, 2.45) is 0 Å². The van der Waals surface area contributed by atoms with Crippen LogP contribution >= 0.6 is 15.9 Å². The molecule has 1 heterocycles. The quantitative estimate of drug-likeness (QED) is 0.709. The fraction of sp³-hybridized carbons (Fsp3) is 0.500. The third-order valence-electron chi connectivity index (χ3n) is 3.46. The lowest BCUT2D eigenvalue weighted by Gasteiger charge is -2.27. The first-order valence-electron chi connectivity index (χ1n) is 7.15. The smallest absolute Gasteiger partial charge is 0.240 e. The van der Waals surface area contributed by atoms with Gasteiger partial charge in [0.25, 0.3) is 0 Å². The lowest BCUT2D eigenvalue weighted by Crippen LogP contribution is -2.44. The first-order chi connectivity index (χ1) is 10.5. The van der Waals surface area contributed by atoms with Crippen molar-refractivity contribution in [2.75, 3.05) is 39.3 Å². The van der Waals surface area contributed by atoms with Crippen LogP contribution in [0, 0.1) is 11.3 Å². The molecule has 0 spiro atoms. The maximum atomic E-state index is 12.2. The van der Waals surface area contributed by atoms with Gasteiger partial charge in [-0.15, -0.1) is 0 Å². The number of nitriles is 1. The van der Waals surface area contributed by atoms with Gasteiger partial charge in [0, 0.05) is 37.2 Å². The summed E-state index contributed by atoms with van der Waals surface area (Å²) in [5.74, 6) is 0. The molecule has 0 atom stereocenters. The molecule has 0 bridgehead atoms. The van der Waals surface area contributed by atoms with E-state index in [4.69, 9.17) is 5.26 Å². The summed E-state index contributed by atoms with van der Waals surface area (Å²) >= 11 is 3.22. The molecule has 1 aliphatic heterocycles. The van der Waals surface area contributed by atoms with Gasteiger partial charge in [-0.3, -0.25) is 0 Å². The second-order valence-electron chi connectivity index (χ2n) is 5.13. The Kier molecular flexibility index (Phi) is 6.35. The minimum absolute atomic E-state index is 0.112. The molecule has 120 valence electrons. The highest BCUT2D eigenvalue weighted by Gasteiger charge is 2.15. The number of nitrogens with zero attached hydrogens (tertiary/aromatic N) is 2. The second kappa shape index (κ2) is 8.04. The molecular weight excluding hydrogens is 368 g/mol. The highest BCUT2D eigenvalue weighted by molar-refractivity contribution is 9.10. The van der Waals surface area contributed by atoms with E-state index in [1.165, 1.54) is 12.1 Å². The van der Waals surface area contributed by atoms with E-state index < -0.39 is 10.0 Å². The molecule has 22 heavy (non-hydrogen) atoms. The van der Waals surface area contributed by atoms with Gasteiger partial charge in [-0.25, -0.2) is 13.1 Å². The van der Waals surface area contributed by atoms with Crippen LogP contribution in [-0.4, -0.2) is 52.6 Å². The van der Waals surface area contributed by atoms with Crippen LogP contribution in [0.2, 0.25) is 0 Å². The van der Waals surface area contributed by atoms with E-state index in [9.17, 15) is 8.42 Å². The topological polar surface area (TPSA) is 85.2 Å². The average molecular weight is 387 g/mol. The Morgan fingerprint density at radius 1 is 1.32 bits per heavy atom. The van der Waals surface area contributed by atoms with E-state index in [0.29, 0.717) is 16.6 Å². The molecule has 0 unspecified atom stereocenters. The van der Waals surface area contributed by atoms with Gasteiger partial charge in [-0.05, 0) is 31.2 Å². The van der Waals surface area contributed by atoms with Crippen molar-refractivity contribution < 1.29 is 8.42 Å². The summed E-state index contributed by atoms with van der Waals surface area (Å²) in [5, 5.41) is 12.2. The van der Waals surface area contributed by atoms with E-state index in [-0.39, 0.29) is 4.90 Å². The highest BCUT2D eigenvalue weighted by Crippen LogP contribution is 2.19. The molecule has 2 N–H and O–H groups in total. The van der Waals surface area contributed by atoms with E-state index in [0.717, 1.165) is 39.1 Å². The fourth-order valence-corrected chi connectivity index (χ4v) is 4.10. The van der Waals surface area contributed by atoms with Crippen LogP contribution in [0.1, 0.15) is 12.0 Å². The first kappa shape index (κ1) is 17.4. The average Bonchev–Trinajstić information content (AvgIpc) is 2.52. The Labute approximate surface area is 139 Å². The van der Waals surface area contributed by atoms with Crippen molar-refractivity contribution in [3.05, 3.63) is 28.2 Å². The van der Waals surface area contributed by atoms with Gasteiger partial charge in [0.2, 0.25) is 10.0 Å². The molecule has 1 aromatic rings. The lowest BCUT2D eigenvalue weighted by molar-refractivity contribution is 0.239. The molecule has 8 heteroatoms. The Balaban J connectivity index is 1.88. The predicted octanol–water partition coefficient (Wildman–Crippen LogP) is 0.894. The van der Waals surface area contributed by atoms with Gasteiger partial charge in [-0.1, -0.05) is 15.9 Å². The van der Waals surface area contributed by atoms with Crippen molar-refractivity contribution in [3.8, 4) is 6.07 Å². The van der Waals surface area contributed by atoms with Gasteiger partial charge >= 0.3 is 0 Å². The van der Waals surface area contributed by atoms with Gasteiger partial charge in [0.1, 0.15) is 0 Å². The molecule has 1 aliphatic rings. The molecule has 2 rings (SSSR count). The van der Waals surface area contributed by atoms with Crippen molar-refractivity contribution in [1.82, 2.24) is 14.9 Å². The molecule has 0 radical (unpaired) electrons.